The lowest BCUT2D eigenvalue weighted by atomic mass is 10.1. The Hall–Kier alpha value is 0.440. The Balaban J connectivity index is 2.81. The maximum absolute atomic E-state index is 3.36. The van der Waals surface area contributed by atoms with Gasteiger partial charge in [-0.1, -0.05) is 80.6 Å². The molecule has 0 unspecified atom stereocenters. The fourth-order valence-electron chi connectivity index (χ4n) is 1.80. The number of hydrogen-bond acceptors (Lipinski definition) is 1. The van der Waals surface area contributed by atoms with Gasteiger partial charge in [0, 0.05) is 0 Å². The lowest BCUT2D eigenvalue weighted by Crippen LogP contribution is -2.11. The highest BCUT2D eigenvalue weighted by Gasteiger charge is 1.92. The second-order valence-electron chi connectivity index (χ2n) is 4.32. The van der Waals surface area contributed by atoms with Crippen LogP contribution in [0.5, 0.6) is 0 Å². The summed E-state index contributed by atoms with van der Waals surface area (Å²) in [6, 6.07) is 0. The third-order valence-electron chi connectivity index (χ3n) is 2.80. The summed E-state index contributed by atoms with van der Waals surface area (Å²) in [7, 11) is 0. The molecule has 92 valence electrons. The van der Waals surface area contributed by atoms with E-state index in [0.717, 1.165) is 5.45 Å². The van der Waals surface area contributed by atoms with Gasteiger partial charge >= 0.3 is 0 Å². The van der Waals surface area contributed by atoms with Crippen LogP contribution in [-0.2, 0) is 0 Å². The van der Waals surface area contributed by atoms with Crippen LogP contribution in [0, 0.1) is 0 Å². The molecule has 0 bridgehead atoms. The van der Waals surface area contributed by atoms with E-state index >= 15 is 0 Å². The van der Waals surface area contributed by atoms with Crippen molar-refractivity contribution < 1.29 is 0 Å². The van der Waals surface area contributed by atoms with Gasteiger partial charge in [-0.2, -0.15) is 0 Å². The molecule has 0 saturated heterocycles. The van der Waals surface area contributed by atoms with Gasteiger partial charge in [-0.3, -0.25) is 0 Å². The molecule has 0 fully saturated rings. The van der Waals surface area contributed by atoms with Gasteiger partial charge in [0.05, 0.1) is 5.45 Å². The van der Waals surface area contributed by atoms with E-state index in [0.29, 0.717) is 0 Å². The first-order valence-electron chi connectivity index (χ1n) is 6.68. The smallest absolute Gasteiger partial charge is 0.0517 e. The molecular weight excluding hydrogens is 250 g/mol. The van der Waals surface area contributed by atoms with Crippen molar-refractivity contribution in [1.82, 2.24) is 5.32 Å². The minimum absolute atomic E-state index is 0.935. The molecule has 0 aromatic rings. The zero-order chi connectivity index (χ0) is 11.2. The van der Waals surface area contributed by atoms with Gasteiger partial charge in [0.2, 0.25) is 0 Å². The van der Waals surface area contributed by atoms with Crippen molar-refractivity contribution in [2.45, 2.75) is 71.1 Å². The van der Waals surface area contributed by atoms with Crippen LogP contribution in [-0.4, -0.2) is 12.0 Å². The number of halogens is 1. The summed E-state index contributed by atoms with van der Waals surface area (Å²) in [5.74, 6) is 0. The first-order chi connectivity index (χ1) is 7.41. The SMILES string of the molecule is CCCCCCCCCCCCNCBr. The summed E-state index contributed by atoms with van der Waals surface area (Å²) >= 11 is 3.36. The third-order valence-corrected chi connectivity index (χ3v) is 3.20. The second kappa shape index (κ2) is 14.4. The zero-order valence-electron chi connectivity index (χ0n) is 10.4. The highest BCUT2D eigenvalue weighted by Crippen LogP contribution is 2.10. The Morgan fingerprint density at radius 3 is 1.67 bits per heavy atom. The molecule has 0 aromatic heterocycles. The van der Waals surface area contributed by atoms with Gasteiger partial charge in [0.25, 0.3) is 0 Å². The largest absolute Gasteiger partial charge is 0.307 e. The van der Waals surface area contributed by atoms with Crippen molar-refractivity contribution in [2.75, 3.05) is 12.0 Å². The summed E-state index contributed by atoms with van der Waals surface area (Å²) < 4.78 is 0. The van der Waals surface area contributed by atoms with E-state index in [-0.39, 0.29) is 0 Å². The maximum atomic E-state index is 3.36. The van der Waals surface area contributed by atoms with E-state index in [1.807, 2.05) is 0 Å². The number of rotatable bonds is 12. The van der Waals surface area contributed by atoms with Crippen molar-refractivity contribution in [3.05, 3.63) is 0 Å². The first-order valence-corrected chi connectivity index (χ1v) is 7.80. The lowest BCUT2D eigenvalue weighted by molar-refractivity contribution is 0.551. The van der Waals surface area contributed by atoms with Crippen LogP contribution < -0.4 is 5.32 Å². The van der Waals surface area contributed by atoms with Crippen LogP contribution in [0.25, 0.3) is 0 Å². The van der Waals surface area contributed by atoms with E-state index in [4.69, 9.17) is 0 Å². The van der Waals surface area contributed by atoms with E-state index < -0.39 is 0 Å². The van der Waals surface area contributed by atoms with Crippen LogP contribution in [0.1, 0.15) is 71.1 Å². The summed E-state index contributed by atoms with van der Waals surface area (Å²) in [6.07, 6.45) is 14.2. The molecule has 0 aliphatic heterocycles. The molecule has 0 atom stereocenters. The zero-order valence-corrected chi connectivity index (χ0v) is 11.9. The van der Waals surface area contributed by atoms with Gasteiger partial charge in [0.15, 0.2) is 0 Å². The number of nitrogens with one attached hydrogen (secondary N) is 1. The Labute approximate surface area is 105 Å². The van der Waals surface area contributed by atoms with E-state index in [1.54, 1.807) is 0 Å². The summed E-state index contributed by atoms with van der Waals surface area (Å²) in [6.45, 7) is 3.45. The number of alkyl halides is 1. The predicted octanol–water partition coefficient (Wildman–Crippen LogP) is 4.85. The molecule has 0 spiro atoms. The minimum Gasteiger partial charge on any atom is -0.307 e. The molecule has 0 aliphatic carbocycles. The number of unbranched alkanes of at least 4 members (excludes halogenated alkanes) is 9. The highest BCUT2D eigenvalue weighted by molar-refractivity contribution is 9.09. The molecule has 0 aromatic carbocycles. The van der Waals surface area contributed by atoms with E-state index in [1.165, 1.54) is 70.8 Å². The van der Waals surface area contributed by atoms with Crippen molar-refractivity contribution in [3.63, 3.8) is 0 Å². The van der Waals surface area contributed by atoms with Crippen LogP contribution in [0.2, 0.25) is 0 Å². The van der Waals surface area contributed by atoms with E-state index in [9.17, 15) is 0 Å². The molecule has 1 nitrogen and oxygen atoms in total. The summed E-state index contributed by atoms with van der Waals surface area (Å²) in [5, 5.41) is 3.29. The van der Waals surface area contributed by atoms with Crippen molar-refractivity contribution in [2.24, 2.45) is 0 Å². The molecule has 1 N–H and O–H groups in total. The van der Waals surface area contributed by atoms with E-state index in [2.05, 4.69) is 28.2 Å². The molecule has 0 saturated carbocycles. The van der Waals surface area contributed by atoms with Gasteiger partial charge in [0.1, 0.15) is 0 Å². The Bertz CT molecular complexity index is 94.7. The van der Waals surface area contributed by atoms with Gasteiger partial charge < -0.3 is 5.32 Å². The predicted molar refractivity (Wildman–Crippen MR) is 73.6 cm³/mol. The topological polar surface area (TPSA) is 12.0 Å². The summed E-state index contributed by atoms with van der Waals surface area (Å²) in [5.41, 5.74) is 0.935. The Kier molecular flexibility index (Phi) is 14.9. The van der Waals surface area contributed by atoms with Crippen LogP contribution >= 0.6 is 15.9 Å². The number of hydrogen-bond donors (Lipinski definition) is 1. The van der Waals surface area contributed by atoms with Gasteiger partial charge in [-0.25, -0.2) is 0 Å². The maximum Gasteiger partial charge on any atom is 0.0517 e. The summed E-state index contributed by atoms with van der Waals surface area (Å²) in [4.78, 5) is 0. The Morgan fingerprint density at radius 1 is 0.733 bits per heavy atom. The third kappa shape index (κ3) is 14.4. The first kappa shape index (κ1) is 15.4. The average Bonchev–Trinajstić information content (AvgIpc) is 2.26. The minimum atomic E-state index is 0.935. The Morgan fingerprint density at radius 2 is 1.20 bits per heavy atom. The molecule has 0 amide bonds. The fourth-order valence-corrected chi connectivity index (χ4v) is 2.08. The molecule has 0 heterocycles. The van der Waals surface area contributed by atoms with Crippen molar-refractivity contribution >= 4 is 15.9 Å². The molecule has 15 heavy (non-hydrogen) atoms. The molecule has 0 radical (unpaired) electrons. The normalized spacial score (nSPS) is 10.8. The van der Waals surface area contributed by atoms with Crippen LogP contribution in [0.15, 0.2) is 0 Å². The van der Waals surface area contributed by atoms with Crippen LogP contribution in [0.3, 0.4) is 0 Å². The fraction of sp³-hybridized carbons (Fsp3) is 1.00. The van der Waals surface area contributed by atoms with Gasteiger partial charge in [-0.15, -0.1) is 0 Å². The van der Waals surface area contributed by atoms with Gasteiger partial charge in [-0.05, 0) is 13.0 Å². The lowest BCUT2D eigenvalue weighted by Gasteiger charge is -2.02. The van der Waals surface area contributed by atoms with Crippen molar-refractivity contribution in [1.29, 1.82) is 0 Å². The quantitative estimate of drug-likeness (QED) is 0.306. The molecule has 0 aliphatic rings. The average molecular weight is 278 g/mol. The standard InChI is InChI=1S/C13H28BrN/c1-2-3-4-5-6-7-8-9-10-11-12-15-13-14/h15H,2-13H2,1H3. The van der Waals surface area contributed by atoms with Crippen LogP contribution in [0.4, 0.5) is 0 Å². The monoisotopic (exact) mass is 277 g/mol. The molecular formula is C13H28BrN. The molecule has 0 rings (SSSR count). The second-order valence-corrected chi connectivity index (χ2v) is 4.88. The molecule has 2 heteroatoms. The van der Waals surface area contributed by atoms with Crippen molar-refractivity contribution in [3.8, 4) is 0 Å². The highest BCUT2D eigenvalue weighted by atomic mass is 79.9.